The molecule has 1 aliphatic carbocycles. The molecule has 0 aromatic carbocycles. The first-order valence-electron chi connectivity index (χ1n) is 6.49. The van der Waals surface area contributed by atoms with Gasteiger partial charge in [-0.25, -0.2) is 0 Å². The molecule has 0 bridgehead atoms. The second kappa shape index (κ2) is 7.57. The Bertz CT molecular complexity index is 211. The predicted molar refractivity (Wildman–Crippen MR) is 67.6 cm³/mol. The smallest absolute Gasteiger partial charge is 0.0159 e. The van der Waals surface area contributed by atoms with Crippen molar-refractivity contribution in [2.75, 3.05) is 0 Å². The third-order valence-corrected chi connectivity index (χ3v) is 3.57. The van der Waals surface area contributed by atoms with E-state index in [1.807, 2.05) is 6.08 Å². The maximum Gasteiger partial charge on any atom is -0.0159 e. The highest BCUT2D eigenvalue weighted by Crippen LogP contribution is 2.32. The quantitative estimate of drug-likeness (QED) is 0.455. The third kappa shape index (κ3) is 5.07. The predicted octanol–water partition coefficient (Wildman–Crippen LogP) is 4.56. The Morgan fingerprint density at radius 1 is 1.20 bits per heavy atom. The number of terminal acetylenes is 1. The van der Waals surface area contributed by atoms with Crippen LogP contribution in [0.15, 0.2) is 12.2 Å². The van der Waals surface area contributed by atoms with Crippen molar-refractivity contribution in [1.29, 1.82) is 0 Å². The molecule has 15 heavy (non-hydrogen) atoms. The van der Waals surface area contributed by atoms with Crippen LogP contribution in [0.2, 0.25) is 0 Å². The molecule has 0 aromatic rings. The summed E-state index contributed by atoms with van der Waals surface area (Å²) in [6, 6.07) is 0. The Balaban J connectivity index is 2.13. The number of hydrogen-bond donors (Lipinski definition) is 0. The van der Waals surface area contributed by atoms with Crippen LogP contribution in [0.4, 0.5) is 0 Å². The summed E-state index contributed by atoms with van der Waals surface area (Å²) >= 11 is 0. The summed E-state index contributed by atoms with van der Waals surface area (Å²) in [5.41, 5.74) is 0. The summed E-state index contributed by atoms with van der Waals surface area (Å²) in [5, 5.41) is 0. The summed E-state index contributed by atoms with van der Waals surface area (Å²) in [5.74, 6) is 4.36. The SMILES string of the molecule is C#CC=CC1CCC(CCCCC)CC1. The van der Waals surface area contributed by atoms with Gasteiger partial charge < -0.3 is 0 Å². The van der Waals surface area contributed by atoms with Gasteiger partial charge in [0.1, 0.15) is 0 Å². The summed E-state index contributed by atoms with van der Waals surface area (Å²) in [6.07, 6.45) is 20.5. The molecule has 0 saturated heterocycles. The van der Waals surface area contributed by atoms with Crippen molar-refractivity contribution >= 4 is 0 Å². The van der Waals surface area contributed by atoms with Crippen LogP contribution < -0.4 is 0 Å². The van der Waals surface area contributed by atoms with E-state index >= 15 is 0 Å². The van der Waals surface area contributed by atoms with E-state index in [1.165, 1.54) is 51.4 Å². The Morgan fingerprint density at radius 3 is 2.53 bits per heavy atom. The van der Waals surface area contributed by atoms with Crippen LogP contribution in [0.1, 0.15) is 58.3 Å². The fourth-order valence-corrected chi connectivity index (χ4v) is 2.54. The Hall–Kier alpha value is -0.700. The molecule has 1 rings (SSSR count). The van der Waals surface area contributed by atoms with Gasteiger partial charge in [-0.2, -0.15) is 0 Å². The van der Waals surface area contributed by atoms with Crippen molar-refractivity contribution in [3.8, 4) is 12.3 Å². The number of rotatable bonds is 5. The monoisotopic (exact) mass is 204 g/mol. The molecule has 0 nitrogen and oxygen atoms in total. The lowest BCUT2D eigenvalue weighted by Gasteiger charge is -2.26. The molecule has 1 saturated carbocycles. The van der Waals surface area contributed by atoms with Crippen LogP contribution in [0.3, 0.4) is 0 Å². The molecule has 0 radical (unpaired) electrons. The maximum atomic E-state index is 5.22. The van der Waals surface area contributed by atoms with E-state index < -0.39 is 0 Å². The van der Waals surface area contributed by atoms with E-state index in [-0.39, 0.29) is 0 Å². The number of unbranched alkanes of at least 4 members (excludes halogenated alkanes) is 2. The fourth-order valence-electron chi connectivity index (χ4n) is 2.54. The lowest BCUT2D eigenvalue weighted by atomic mass is 9.79. The van der Waals surface area contributed by atoms with Crippen molar-refractivity contribution in [1.82, 2.24) is 0 Å². The van der Waals surface area contributed by atoms with E-state index in [9.17, 15) is 0 Å². The van der Waals surface area contributed by atoms with Gasteiger partial charge in [0.2, 0.25) is 0 Å². The van der Waals surface area contributed by atoms with Crippen LogP contribution in [0.25, 0.3) is 0 Å². The summed E-state index contributed by atoms with van der Waals surface area (Å²) in [4.78, 5) is 0. The molecule has 1 aliphatic rings. The molecule has 0 heterocycles. The van der Waals surface area contributed by atoms with Crippen LogP contribution in [0.5, 0.6) is 0 Å². The van der Waals surface area contributed by atoms with Gasteiger partial charge in [0, 0.05) is 0 Å². The molecule has 0 unspecified atom stereocenters. The zero-order valence-electron chi connectivity index (χ0n) is 10.0. The molecule has 0 aliphatic heterocycles. The molecule has 84 valence electrons. The number of hydrogen-bond acceptors (Lipinski definition) is 0. The van der Waals surface area contributed by atoms with Crippen LogP contribution >= 0.6 is 0 Å². The standard InChI is InChI=1S/C15H24/c1-3-5-7-9-15-12-10-14(11-13-15)8-6-4-2/h2,6,8,14-15H,3,5,7,9-13H2,1H3. The molecule has 0 aromatic heterocycles. The molecule has 0 atom stereocenters. The highest BCUT2D eigenvalue weighted by atomic mass is 14.2. The van der Waals surface area contributed by atoms with E-state index in [2.05, 4.69) is 18.9 Å². The fraction of sp³-hybridized carbons (Fsp3) is 0.733. The lowest BCUT2D eigenvalue weighted by molar-refractivity contribution is 0.289. The first-order valence-corrected chi connectivity index (χ1v) is 6.49. The average molecular weight is 204 g/mol. The Kier molecular flexibility index (Phi) is 6.25. The molecular formula is C15H24. The first kappa shape index (κ1) is 12.4. The lowest BCUT2D eigenvalue weighted by Crippen LogP contribution is -2.12. The minimum atomic E-state index is 0.767. The zero-order valence-corrected chi connectivity index (χ0v) is 10.0. The van der Waals surface area contributed by atoms with Crippen LogP contribution in [-0.4, -0.2) is 0 Å². The van der Waals surface area contributed by atoms with Gasteiger partial charge in [-0.05, 0) is 43.6 Å². The normalized spacial score (nSPS) is 26.7. The van der Waals surface area contributed by atoms with E-state index in [0.717, 1.165) is 11.8 Å². The first-order chi connectivity index (χ1) is 7.36. The molecule has 0 amide bonds. The highest BCUT2D eigenvalue weighted by molar-refractivity contribution is 5.10. The molecule has 0 spiro atoms. The van der Waals surface area contributed by atoms with Crippen molar-refractivity contribution in [3.63, 3.8) is 0 Å². The Morgan fingerprint density at radius 2 is 1.93 bits per heavy atom. The van der Waals surface area contributed by atoms with Crippen molar-refractivity contribution in [3.05, 3.63) is 12.2 Å². The largest absolute Gasteiger partial charge is 0.115 e. The minimum absolute atomic E-state index is 0.767. The second-order valence-corrected chi connectivity index (χ2v) is 4.80. The minimum Gasteiger partial charge on any atom is -0.115 e. The number of allylic oxidation sites excluding steroid dienone is 2. The van der Waals surface area contributed by atoms with Gasteiger partial charge >= 0.3 is 0 Å². The van der Waals surface area contributed by atoms with E-state index in [1.54, 1.807) is 0 Å². The summed E-state index contributed by atoms with van der Waals surface area (Å²) in [6.45, 7) is 2.28. The molecule has 0 heteroatoms. The van der Waals surface area contributed by atoms with Crippen molar-refractivity contribution < 1.29 is 0 Å². The van der Waals surface area contributed by atoms with Gasteiger partial charge in [-0.15, -0.1) is 6.42 Å². The molecule has 1 fully saturated rings. The summed E-state index contributed by atoms with van der Waals surface area (Å²) < 4.78 is 0. The summed E-state index contributed by atoms with van der Waals surface area (Å²) in [7, 11) is 0. The Labute approximate surface area is 95.2 Å². The molecule has 0 N–H and O–H groups in total. The van der Waals surface area contributed by atoms with Gasteiger partial charge in [-0.1, -0.05) is 44.6 Å². The highest BCUT2D eigenvalue weighted by Gasteiger charge is 2.18. The topological polar surface area (TPSA) is 0 Å². The van der Waals surface area contributed by atoms with E-state index in [0.29, 0.717) is 0 Å². The van der Waals surface area contributed by atoms with E-state index in [4.69, 9.17) is 6.42 Å². The average Bonchev–Trinajstić information content (AvgIpc) is 2.28. The van der Waals surface area contributed by atoms with Gasteiger partial charge in [0.15, 0.2) is 0 Å². The van der Waals surface area contributed by atoms with Gasteiger partial charge in [0.05, 0.1) is 0 Å². The second-order valence-electron chi connectivity index (χ2n) is 4.80. The van der Waals surface area contributed by atoms with Crippen LogP contribution in [0, 0.1) is 24.2 Å². The third-order valence-electron chi connectivity index (χ3n) is 3.57. The maximum absolute atomic E-state index is 5.22. The van der Waals surface area contributed by atoms with Crippen LogP contribution in [-0.2, 0) is 0 Å². The van der Waals surface area contributed by atoms with Gasteiger partial charge in [0.25, 0.3) is 0 Å². The molecular weight excluding hydrogens is 180 g/mol. The van der Waals surface area contributed by atoms with Crippen molar-refractivity contribution in [2.45, 2.75) is 58.3 Å². The van der Waals surface area contributed by atoms with Crippen molar-refractivity contribution in [2.24, 2.45) is 11.8 Å². The van der Waals surface area contributed by atoms with Gasteiger partial charge in [-0.3, -0.25) is 0 Å². The zero-order chi connectivity index (χ0) is 10.9.